The van der Waals surface area contributed by atoms with E-state index in [1.54, 1.807) is 0 Å². The highest BCUT2D eigenvalue weighted by molar-refractivity contribution is 4.99. The van der Waals surface area contributed by atoms with Gasteiger partial charge in [0.05, 0.1) is 6.61 Å². The summed E-state index contributed by atoms with van der Waals surface area (Å²) in [4.78, 5) is 0. The number of ether oxygens (including phenoxy) is 5. The Labute approximate surface area is 106 Å². The molecule has 6 heteroatoms. The fourth-order valence-corrected chi connectivity index (χ4v) is 2.84. The van der Waals surface area contributed by atoms with Crippen molar-refractivity contribution in [1.82, 2.24) is 0 Å². The summed E-state index contributed by atoms with van der Waals surface area (Å²) in [5.41, 5.74) is 0. The molecule has 3 aliphatic rings. The molecule has 0 aromatic heterocycles. The number of aliphatic hydroxyl groups is 1. The van der Waals surface area contributed by atoms with Crippen LogP contribution in [-0.2, 0) is 23.7 Å². The lowest BCUT2D eigenvalue weighted by Gasteiger charge is -2.36. The van der Waals surface area contributed by atoms with Gasteiger partial charge in [0.1, 0.15) is 24.4 Å². The van der Waals surface area contributed by atoms with E-state index in [-0.39, 0.29) is 24.9 Å². The lowest BCUT2D eigenvalue weighted by atomic mass is 9.99. The summed E-state index contributed by atoms with van der Waals surface area (Å²) in [7, 11) is 0. The number of hydrogen-bond acceptors (Lipinski definition) is 6. The minimum atomic E-state index is -0.708. The molecule has 0 amide bonds. The van der Waals surface area contributed by atoms with Crippen LogP contribution in [0.2, 0.25) is 0 Å². The molecule has 1 N–H and O–H groups in total. The average Bonchev–Trinajstić information content (AvgIpc) is 2.71. The van der Waals surface area contributed by atoms with Gasteiger partial charge in [-0.25, -0.2) is 0 Å². The minimum Gasteiger partial charge on any atom is -0.394 e. The van der Waals surface area contributed by atoms with Crippen molar-refractivity contribution in [3.63, 3.8) is 0 Å². The second-order valence-electron chi connectivity index (χ2n) is 5.89. The summed E-state index contributed by atoms with van der Waals surface area (Å²) in [5, 5.41) is 9.40. The molecule has 18 heavy (non-hydrogen) atoms. The maximum Gasteiger partial charge on any atom is 0.190 e. The average molecular weight is 260 g/mol. The zero-order valence-electron chi connectivity index (χ0n) is 11.1. The summed E-state index contributed by atoms with van der Waals surface area (Å²) in [6.45, 7) is 7.22. The van der Waals surface area contributed by atoms with Gasteiger partial charge >= 0.3 is 0 Å². The standard InChI is InChI=1S/C12H20O6/c1-11(2)15-7-6(5-13)14-10-9(8(7)16-11)17-12(3,4)18-10/h6-10,13H,5H2,1-4H3/t6-,7-,8+,9+,10+/m1/s1. The lowest BCUT2D eigenvalue weighted by molar-refractivity contribution is -0.240. The number of aliphatic hydroxyl groups excluding tert-OH is 1. The zero-order valence-corrected chi connectivity index (χ0v) is 11.1. The molecule has 0 aromatic carbocycles. The van der Waals surface area contributed by atoms with Gasteiger partial charge in [0.2, 0.25) is 0 Å². The summed E-state index contributed by atoms with van der Waals surface area (Å²) >= 11 is 0. The highest BCUT2D eigenvalue weighted by Gasteiger charge is 2.60. The zero-order chi connectivity index (χ0) is 13.1. The van der Waals surface area contributed by atoms with E-state index in [0.717, 1.165) is 0 Å². The first-order valence-corrected chi connectivity index (χ1v) is 6.29. The largest absolute Gasteiger partial charge is 0.394 e. The topological polar surface area (TPSA) is 66.4 Å². The highest BCUT2D eigenvalue weighted by atomic mass is 16.9. The van der Waals surface area contributed by atoms with Crippen LogP contribution in [0.25, 0.3) is 0 Å². The van der Waals surface area contributed by atoms with Crippen LogP contribution >= 0.6 is 0 Å². The van der Waals surface area contributed by atoms with Crippen LogP contribution < -0.4 is 0 Å². The summed E-state index contributed by atoms with van der Waals surface area (Å²) < 4.78 is 28.9. The van der Waals surface area contributed by atoms with Crippen molar-refractivity contribution < 1.29 is 28.8 Å². The highest BCUT2D eigenvalue weighted by Crippen LogP contribution is 2.43. The second-order valence-corrected chi connectivity index (χ2v) is 5.89. The van der Waals surface area contributed by atoms with Gasteiger partial charge in [-0.1, -0.05) is 0 Å². The van der Waals surface area contributed by atoms with E-state index >= 15 is 0 Å². The van der Waals surface area contributed by atoms with Crippen molar-refractivity contribution in [3.05, 3.63) is 0 Å². The Hall–Kier alpha value is -0.240. The van der Waals surface area contributed by atoms with Gasteiger partial charge in [-0.05, 0) is 27.7 Å². The van der Waals surface area contributed by atoms with Gasteiger partial charge in [0, 0.05) is 0 Å². The van der Waals surface area contributed by atoms with Crippen LogP contribution in [0.3, 0.4) is 0 Å². The molecule has 3 saturated heterocycles. The molecule has 5 atom stereocenters. The molecule has 6 nitrogen and oxygen atoms in total. The molecular formula is C12H20O6. The third-order valence-corrected chi connectivity index (χ3v) is 3.43. The molecular weight excluding hydrogens is 240 g/mol. The number of fused-ring (bicyclic) bond motifs is 3. The summed E-state index contributed by atoms with van der Waals surface area (Å²) in [6, 6.07) is 0. The molecule has 0 bridgehead atoms. The Bertz CT molecular complexity index is 341. The third kappa shape index (κ3) is 1.97. The van der Waals surface area contributed by atoms with Crippen molar-refractivity contribution in [2.45, 2.75) is 70.0 Å². The lowest BCUT2D eigenvalue weighted by Crippen LogP contribution is -2.56. The quantitative estimate of drug-likeness (QED) is 0.735. The van der Waals surface area contributed by atoms with Gasteiger partial charge in [0.15, 0.2) is 17.9 Å². The van der Waals surface area contributed by atoms with Crippen molar-refractivity contribution in [2.75, 3.05) is 6.61 Å². The Balaban J connectivity index is 1.86. The van der Waals surface area contributed by atoms with Crippen molar-refractivity contribution >= 4 is 0 Å². The van der Waals surface area contributed by atoms with E-state index in [4.69, 9.17) is 23.7 Å². The first-order valence-electron chi connectivity index (χ1n) is 6.29. The predicted octanol–water partition coefficient (Wildman–Crippen LogP) is 0.375. The van der Waals surface area contributed by atoms with Crippen LogP contribution in [0.4, 0.5) is 0 Å². The Morgan fingerprint density at radius 3 is 2.06 bits per heavy atom. The van der Waals surface area contributed by atoms with E-state index in [0.29, 0.717) is 0 Å². The summed E-state index contributed by atoms with van der Waals surface area (Å²) in [5.74, 6) is -1.41. The van der Waals surface area contributed by atoms with Crippen LogP contribution in [0, 0.1) is 0 Å². The van der Waals surface area contributed by atoms with E-state index in [1.807, 2.05) is 27.7 Å². The van der Waals surface area contributed by atoms with Crippen LogP contribution in [-0.4, -0.2) is 54.0 Å². The SMILES string of the molecule is CC1(C)O[C@@H]2O[C@H](CO)[C@H]3OC(C)(C)O[C@@H]3[C@@H]2O1. The maximum atomic E-state index is 9.40. The van der Waals surface area contributed by atoms with Gasteiger partial charge in [0.25, 0.3) is 0 Å². The van der Waals surface area contributed by atoms with Gasteiger partial charge in [-0.2, -0.15) is 0 Å². The van der Waals surface area contributed by atoms with Crippen LogP contribution in [0.1, 0.15) is 27.7 Å². The smallest absolute Gasteiger partial charge is 0.190 e. The first kappa shape index (κ1) is 12.8. The predicted molar refractivity (Wildman–Crippen MR) is 59.6 cm³/mol. The van der Waals surface area contributed by atoms with E-state index in [1.165, 1.54) is 0 Å². The van der Waals surface area contributed by atoms with Crippen LogP contribution in [0.5, 0.6) is 0 Å². The normalized spacial score (nSPS) is 48.8. The molecule has 3 fully saturated rings. The first-order chi connectivity index (χ1) is 8.31. The van der Waals surface area contributed by atoms with Gasteiger partial charge < -0.3 is 28.8 Å². The van der Waals surface area contributed by atoms with Gasteiger partial charge in [-0.15, -0.1) is 0 Å². The molecule has 3 rings (SSSR count). The molecule has 0 saturated carbocycles. The number of hydrogen-bond donors (Lipinski definition) is 1. The van der Waals surface area contributed by atoms with Gasteiger partial charge in [-0.3, -0.25) is 0 Å². The fourth-order valence-electron chi connectivity index (χ4n) is 2.84. The minimum absolute atomic E-state index is 0.131. The Morgan fingerprint density at radius 1 is 0.833 bits per heavy atom. The van der Waals surface area contributed by atoms with Crippen LogP contribution in [0.15, 0.2) is 0 Å². The number of rotatable bonds is 1. The van der Waals surface area contributed by atoms with Crippen molar-refractivity contribution in [3.8, 4) is 0 Å². The molecule has 0 aliphatic carbocycles. The molecule has 0 radical (unpaired) electrons. The van der Waals surface area contributed by atoms with E-state index in [9.17, 15) is 5.11 Å². The monoisotopic (exact) mass is 260 g/mol. The van der Waals surface area contributed by atoms with E-state index < -0.39 is 24.0 Å². The molecule has 0 aromatic rings. The van der Waals surface area contributed by atoms with Crippen molar-refractivity contribution in [1.29, 1.82) is 0 Å². The second kappa shape index (κ2) is 3.88. The van der Waals surface area contributed by atoms with Crippen molar-refractivity contribution in [2.24, 2.45) is 0 Å². The summed E-state index contributed by atoms with van der Waals surface area (Å²) in [6.07, 6.45) is -1.90. The fraction of sp³-hybridized carbons (Fsp3) is 1.00. The van der Waals surface area contributed by atoms with E-state index in [2.05, 4.69) is 0 Å². The molecule has 0 unspecified atom stereocenters. The Morgan fingerprint density at radius 2 is 1.39 bits per heavy atom. The molecule has 104 valence electrons. The molecule has 3 heterocycles. The third-order valence-electron chi connectivity index (χ3n) is 3.43. The maximum absolute atomic E-state index is 9.40. The molecule has 3 aliphatic heterocycles. The molecule has 0 spiro atoms. The Kier molecular flexibility index (Phi) is 2.75.